The Kier molecular flexibility index (Phi) is 4.60. The summed E-state index contributed by atoms with van der Waals surface area (Å²) in [6.45, 7) is 5.14. The highest BCUT2D eigenvalue weighted by molar-refractivity contribution is 7.11. The van der Waals surface area contributed by atoms with E-state index in [1.807, 2.05) is 11.3 Å². The van der Waals surface area contributed by atoms with Crippen LogP contribution in [0.5, 0.6) is 0 Å². The van der Waals surface area contributed by atoms with Crippen LogP contribution >= 0.6 is 11.3 Å². The van der Waals surface area contributed by atoms with Gasteiger partial charge in [-0.1, -0.05) is 19.8 Å². The van der Waals surface area contributed by atoms with Crippen molar-refractivity contribution in [3.63, 3.8) is 0 Å². The molecule has 1 aliphatic carbocycles. The van der Waals surface area contributed by atoms with Crippen molar-refractivity contribution < 1.29 is 0 Å². The molecule has 3 N–H and O–H groups in total. The summed E-state index contributed by atoms with van der Waals surface area (Å²) in [5, 5.41) is 3.60. The van der Waals surface area contributed by atoms with E-state index in [0.29, 0.717) is 5.41 Å². The summed E-state index contributed by atoms with van der Waals surface area (Å²) in [6, 6.07) is 4.50. The average molecular weight is 252 g/mol. The van der Waals surface area contributed by atoms with Gasteiger partial charge in [-0.2, -0.15) is 0 Å². The van der Waals surface area contributed by atoms with E-state index in [1.54, 1.807) is 0 Å². The Morgan fingerprint density at radius 1 is 1.29 bits per heavy atom. The fourth-order valence-corrected chi connectivity index (χ4v) is 3.66. The van der Waals surface area contributed by atoms with Crippen molar-refractivity contribution in [1.29, 1.82) is 0 Å². The zero-order chi connectivity index (χ0) is 12.1. The number of aryl methyl sites for hydroxylation is 1. The van der Waals surface area contributed by atoms with Crippen molar-refractivity contribution in [3.05, 3.63) is 21.9 Å². The first-order chi connectivity index (χ1) is 8.28. The lowest BCUT2D eigenvalue weighted by Crippen LogP contribution is -2.37. The standard InChI is InChI=1S/C14H24N2S/c1-2-12-5-6-13(17-12)9-16-11-14(10-15)7-3-4-8-14/h5-6,16H,2-4,7-11,15H2,1H3. The largest absolute Gasteiger partial charge is 0.330 e. The third kappa shape index (κ3) is 3.30. The van der Waals surface area contributed by atoms with Crippen LogP contribution in [0.1, 0.15) is 42.4 Å². The van der Waals surface area contributed by atoms with E-state index < -0.39 is 0 Å². The Balaban J connectivity index is 1.78. The molecular formula is C14H24N2S. The van der Waals surface area contributed by atoms with Crippen LogP contribution in [0, 0.1) is 5.41 Å². The molecule has 1 aromatic heterocycles. The van der Waals surface area contributed by atoms with Gasteiger partial charge in [0.2, 0.25) is 0 Å². The molecule has 0 radical (unpaired) electrons. The summed E-state index contributed by atoms with van der Waals surface area (Å²) in [6.07, 6.45) is 6.48. The first kappa shape index (κ1) is 13.1. The minimum atomic E-state index is 0.394. The predicted molar refractivity (Wildman–Crippen MR) is 75.4 cm³/mol. The van der Waals surface area contributed by atoms with E-state index in [2.05, 4.69) is 24.4 Å². The van der Waals surface area contributed by atoms with Crippen LogP contribution in [0.2, 0.25) is 0 Å². The highest BCUT2D eigenvalue weighted by Gasteiger charge is 2.31. The second kappa shape index (κ2) is 5.98. The number of rotatable bonds is 6. The first-order valence-electron chi connectivity index (χ1n) is 6.76. The van der Waals surface area contributed by atoms with Crippen molar-refractivity contribution in [1.82, 2.24) is 5.32 Å². The maximum atomic E-state index is 5.94. The van der Waals surface area contributed by atoms with Gasteiger partial charge in [0.05, 0.1) is 0 Å². The van der Waals surface area contributed by atoms with Crippen molar-refractivity contribution in [2.75, 3.05) is 13.1 Å². The van der Waals surface area contributed by atoms with Gasteiger partial charge in [0.15, 0.2) is 0 Å². The molecule has 0 saturated heterocycles. The van der Waals surface area contributed by atoms with E-state index in [1.165, 1.54) is 35.4 Å². The van der Waals surface area contributed by atoms with Crippen molar-refractivity contribution in [2.24, 2.45) is 11.1 Å². The third-order valence-corrected chi connectivity index (χ3v) is 5.19. The Labute approximate surface area is 109 Å². The Morgan fingerprint density at radius 3 is 2.59 bits per heavy atom. The second-order valence-corrected chi connectivity index (χ2v) is 6.49. The van der Waals surface area contributed by atoms with Crippen LogP contribution in [0.4, 0.5) is 0 Å². The quantitative estimate of drug-likeness (QED) is 0.817. The SMILES string of the molecule is CCc1ccc(CNCC2(CN)CCCC2)s1. The van der Waals surface area contributed by atoms with E-state index in [4.69, 9.17) is 5.73 Å². The second-order valence-electron chi connectivity index (χ2n) is 5.24. The number of nitrogens with two attached hydrogens (primary N) is 1. The highest BCUT2D eigenvalue weighted by Crippen LogP contribution is 2.36. The zero-order valence-corrected chi connectivity index (χ0v) is 11.6. The lowest BCUT2D eigenvalue weighted by atomic mass is 9.86. The average Bonchev–Trinajstić information content (AvgIpc) is 2.98. The topological polar surface area (TPSA) is 38.0 Å². The molecule has 1 aromatic rings. The van der Waals surface area contributed by atoms with Gasteiger partial charge in [-0.05, 0) is 43.4 Å². The molecule has 1 fully saturated rings. The summed E-state index contributed by atoms with van der Waals surface area (Å²) in [7, 11) is 0. The van der Waals surface area contributed by atoms with E-state index in [-0.39, 0.29) is 0 Å². The van der Waals surface area contributed by atoms with Crippen molar-refractivity contribution >= 4 is 11.3 Å². The van der Waals surface area contributed by atoms with Gasteiger partial charge in [0, 0.05) is 22.8 Å². The molecule has 0 aromatic carbocycles. The molecule has 2 rings (SSSR count). The molecule has 1 aliphatic rings. The fraction of sp³-hybridized carbons (Fsp3) is 0.714. The molecule has 0 amide bonds. The van der Waals surface area contributed by atoms with Gasteiger partial charge < -0.3 is 11.1 Å². The van der Waals surface area contributed by atoms with Crippen LogP contribution in [0.3, 0.4) is 0 Å². The molecule has 0 atom stereocenters. The highest BCUT2D eigenvalue weighted by atomic mass is 32.1. The molecule has 0 spiro atoms. The van der Waals surface area contributed by atoms with E-state index >= 15 is 0 Å². The number of thiophene rings is 1. The van der Waals surface area contributed by atoms with Gasteiger partial charge in [-0.15, -0.1) is 11.3 Å². The molecule has 0 bridgehead atoms. The van der Waals surface area contributed by atoms with Crippen molar-refractivity contribution in [3.8, 4) is 0 Å². The van der Waals surface area contributed by atoms with Gasteiger partial charge in [-0.25, -0.2) is 0 Å². The molecule has 17 heavy (non-hydrogen) atoms. The van der Waals surface area contributed by atoms with Crippen LogP contribution in [0.25, 0.3) is 0 Å². The van der Waals surface area contributed by atoms with Crippen LogP contribution in [-0.2, 0) is 13.0 Å². The van der Waals surface area contributed by atoms with E-state index in [9.17, 15) is 0 Å². The lowest BCUT2D eigenvalue weighted by molar-refractivity contribution is 0.290. The summed E-state index contributed by atoms with van der Waals surface area (Å²) >= 11 is 1.93. The maximum Gasteiger partial charge on any atom is 0.0300 e. The lowest BCUT2D eigenvalue weighted by Gasteiger charge is -2.27. The molecule has 1 heterocycles. The predicted octanol–water partition coefficient (Wildman–Crippen LogP) is 2.92. The van der Waals surface area contributed by atoms with Crippen molar-refractivity contribution in [2.45, 2.75) is 45.6 Å². The molecule has 0 aliphatic heterocycles. The van der Waals surface area contributed by atoms with Crippen LogP contribution in [0.15, 0.2) is 12.1 Å². The Morgan fingerprint density at radius 2 is 2.00 bits per heavy atom. The fourth-order valence-electron chi connectivity index (χ4n) is 2.74. The number of hydrogen-bond acceptors (Lipinski definition) is 3. The van der Waals surface area contributed by atoms with Gasteiger partial charge in [-0.3, -0.25) is 0 Å². The summed E-state index contributed by atoms with van der Waals surface area (Å²) < 4.78 is 0. The normalized spacial score (nSPS) is 18.7. The molecule has 1 saturated carbocycles. The number of hydrogen-bond donors (Lipinski definition) is 2. The molecular weight excluding hydrogens is 228 g/mol. The summed E-state index contributed by atoms with van der Waals surface area (Å²) in [4.78, 5) is 2.93. The Bertz CT molecular complexity index is 340. The summed E-state index contributed by atoms with van der Waals surface area (Å²) in [5.41, 5.74) is 6.33. The van der Waals surface area contributed by atoms with Crippen LogP contribution < -0.4 is 11.1 Å². The monoisotopic (exact) mass is 252 g/mol. The minimum absolute atomic E-state index is 0.394. The molecule has 96 valence electrons. The zero-order valence-electron chi connectivity index (χ0n) is 10.8. The maximum absolute atomic E-state index is 5.94. The molecule has 0 unspecified atom stereocenters. The number of nitrogens with one attached hydrogen (secondary N) is 1. The first-order valence-corrected chi connectivity index (χ1v) is 7.58. The molecule has 3 heteroatoms. The molecule has 2 nitrogen and oxygen atoms in total. The minimum Gasteiger partial charge on any atom is -0.330 e. The van der Waals surface area contributed by atoms with Gasteiger partial charge >= 0.3 is 0 Å². The van der Waals surface area contributed by atoms with Gasteiger partial charge in [0.25, 0.3) is 0 Å². The summed E-state index contributed by atoms with van der Waals surface area (Å²) in [5.74, 6) is 0. The Hall–Kier alpha value is -0.380. The van der Waals surface area contributed by atoms with E-state index in [0.717, 1.165) is 26.1 Å². The van der Waals surface area contributed by atoms with Gasteiger partial charge in [0.1, 0.15) is 0 Å². The van der Waals surface area contributed by atoms with Crippen LogP contribution in [-0.4, -0.2) is 13.1 Å². The smallest absolute Gasteiger partial charge is 0.0300 e. The third-order valence-electron chi connectivity index (χ3n) is 3.96.